The summed E-state index contributed by atoms with van der Waals surface area (Å²) >= 11 is 0. The predicted octanol–water partition coefficient (Wildman–Crippen LogP) is 0.870. The van der Waals surface area contributed by atoms with Gasteiger partial charge in [-0.3, -0.25) is 14.7 Å². The van der Waals surface area contributed by atoms with Gasteiger partial charge in [0.15, 0.2) is 0 Å². The first kappa shape index (κ1) is 11.2. The molecule has 0 aliphatic carbocycles. The van der Waals surface area contributed by atoms with E-state index in [1.165, 1.54) is 12.3 Å². The van der Waals surface area contributed by atoms with Crippen molar-refractivity contribution in [1.29, 1.82) is 0 Å². The van der Waals surface area contributed by atoms with Crippen LogP contribution in [0.4, 0.5) is 19.0 Å². The molecule has 0 radical (unpaired) electrons. The number of anilines is 1. The van der Waals surface area contributed by atoms with Gasteiger partial charge in [0.2, 0.25) is 11.7 Å². The third-order valence-electron chi connectivity index (χ3n) is 1.41. The van der Waals surface area contributed by atoms with Crippen molar-refractivity contribution in [1.82, 2.24) is 10.2 Å². The highest BCUT2D eigenvalue weighted by Crippen LogP contribution is 2.17. The third-order valence-corrected chi connectivity index (χ3v) is 1.41. The standard InChI is InChI=1S/C7H6F3N3O2/c8-7(9,10)4(14)3-6(15)12-5-1-2-11-13-5/h1-2H,3H2,(H2,11,12,13,15). The molecule has 82 valence electrons. The van der Waals surface area contributed by atoms with Crippen LogP contribution < -0.4 is 5.32 Å². The lowest BCUT2D eigenvalue weighted by molar-refractivity contribution is -0.171. The van der Waals surface area contributed by atoms with Crippen LogP contribution in [-0.2, 0) is 9.59 Å². The van der Waals surface area contributed by atoms with Gasteiger partial charge < -0.3 is 5.32 Å². The monoisotopic (exact) mass is 221 g/mol. The fourth-order valence-electron chi connectivity index (χ4n) is 0.766. The summed E-state index contributed by atoms with van der Waals surface area (Å²) in [5, 5.41) is 7.81. The first-order valence-corrected chi connectivity index (χ1v) is 3.79. The van der Waals surface area contributed by atoms with Crippen molar-refractivity contribution in [2.75, 3.05) is 5.32 Å². The molecule has 1 aromatic rings. The van der Waals surface area contributed by atoms with E-state index in [2.05, 4.69) is 10.2 Å². The maximum Gasteiger partial charge on any atom is 0.450 e. The Morgan fingerprint density at radius 2 is 2.13 bits per heavy atom. The fraction of sp³-hybridized carbons (Fsp3) is 0.286. The van der Waals surface area contributed by atoms with E-state index < -0.39 is 24.3 Å². The number of hydrogen-bond acceptors (Lipinski definition) is 3. The van der Waals surface area contributed by atoms with Crippen molar-refractivity contribution in [3.05, 3.63) is 12.3 Å². The Morgan fingerprint density at radius 1 is 1.47 bits per heavy atom. The first-order valence-electron chi connectivity index (χ1n) is 3.79. The van der Waals surface area contributed by atoms with E-state index in [0.717, 1.165) is 0 Å². The summed E-state index contributed by atoms with van der Waals surface area (Å²) in [6.07, 6.45) is -4.91. The van der Waals surface area contributed by atoms with E-state index in [-0.39, 0.29) is 5.82 Å². The Kier molecular flexibility index (Phi) is 3.08. The van der Waals surface area contributed by atoms with Crippen LogP contribution in [0, 0.1) is 0 Å². The maximum atomic E-state index is 11.7. The second-order valence-electron chi connectivity index (χ2n) is 2.62. The van der Waals surface area contributed by atoms with Gasteiger partial charge in [-0.1, -0.05) is 0 Å². The van der Waals surface area contributed by atoms with Crippen molar-refractivity contribution in [2.45, 2.75) is 12.6 Å². The van der Waals surface area contributed by atoms with Gasteiger partial charge in [0.25, 0.3) is 0 Å². The molecule has 0 unspecified atom stereocenters. The summed E-state index contributed by atoms with van der Waals surface area (Å²) in [7, 11) is 0. The number of carbonyl (C=O) groups is 2. The third kappa shape index (κ3) is 3.41. The minimum Gasteiger partial charge on any atom is -0.311 e. The number of halogens is 3. The number of alkyl halides is 3. The minimum absolute atomic E-state index is 0.134. The van der Waals surface area contributed by atoms with E-state index in [0.29, 0.717) is 0 Å². The summed E-state index contributed by atoms with van der Waals surface area (Å²) in [6, 6.07) is 1.34. The highest BCUT2D eigenvalue weighted by molar-refractivity contribution is 6.05. The number of nitrogens with one attached hydrogen (secondary N) is 2. The number of hydrogen-bond donors (Lipinski definition) is 2. The van der Waals surface area contributed by atoms with E-state index in [9.17, 15) is 22.8 Å². The van der Waals surface area contributed by atoms with Crippen molar-refractivity contribution >= 4 is 17.5 Å². The summed E-state index contributed by atoms with van der Waals surface area (Å²) in [5.74, 6) is -2.99. The topological polar surface area (TPSA) is 74.8 Å². The molecule has 0 aliphatic heterocycles. The minimum atomic E-state index is -4.98. The molecular weight excluding hydrogens is 215 g/mol. The number of rotatable bonds is 3. The number of amides is 1. The van der Waals surface area contributed by atoms with Gasteiger partial charge in [0, 0.05) is 6.07 Å². The smallest absolute Gasteiger partial charge is 0.311 e. The molecule has 0 bridgehead atoms. The number of carbonyl (C=O) groups excluding carboxylic acids is 2. The van der Waals surface area contributed by atoms with Crippen molar-refractivity contribution in [3.63, 3.8) is 0 Å². The molecule has 0 saturated carbocycles. The largest absolute Gasteiger partial charge is 0.450 e. The molecule has 0 aliphatic rings. The van der Waals surface area contributed by atoms with Crippen LogP contribution in [-0.4, -0.2) is 28.1 Å². The second-order valence-corrected chi connectivity index (χ2v) is 2.62. The SMILES string of the molecule is O=C(CC(=O)C(F)(F)F)Nc1ccn[nH]1. The molecule has 0 aromatic carbocycles. The number of aromatic nitrogens is 2. The predicted molar refractivity (Wildman–Crippen MR) is 42.9 cm³/mol. The van der Waals surface area contributed by atoms with Gasteiger partial charge >= 0.3 is 6.18 Å². The Morgan fingerprint density at radius 3 is 2.60 bits per heavy atom. The van der Waals surface area contributed by atoms with Crippen LogP contribution in [0.25, 0.3) is 0 Å². The summed E-state index contributed by atoms with van der Waals surface area (Å²) in [6.45, 7) is 0. The molecule has 0 saturated heterocycles. The quantitative estimate of drug-likeness (QED) is 0.743. The Labute approximate surface area is 81.7 Å². The molecular formula is C7H6F3N3O2. The highest BCUT2D eigenvalue weighted by atomic mass is 19.4. The zero-order valence-electron chi connectivity index (χ0n) is 7.26. The van der Waals surface area contributed by atoms with Crippen LogP contribution in [0.5, 0.6) is 0 Å². The zero-order valence-corrected chi connectivity index (χ0v) is 7.26. The van der Waals surface area contributed by atoms with Gasteiger partial charge in [-0.05, 0) is 0 Å². The molecule has 0 atom stereocenters. The van der Waals surface area contributed by atoms with Gasteiger partial charge in [-0.25, -0.2) is 0 Å². The molecule has 8 heteroatoms. The Bertz CT molecular complexity index is 358. The van der Waals surface area contributed by atoms with Crippen LogP contribution >= 0.6 is 0 Å². The van der Waals surface area contributed by atoms with Crippen molar-refractivity contribution in [2.24, 2.45) is 0 Å². The van der Waals surface area contributed by atoms with Crippen molar-refractivity contribution in [3.8, 4) is 0 Å². The van der Waals surface area contributed by atoms with Gasteiger partial charge in [-0.15, -0.1) is 0 Å². The number of ketones is 1. The Balaban J connectivity index is 2.47. The maximum absolute atomic E-state index is 11.7. The molecule has 1 aromatic heterocycles. The van der Waals surface area contributed by atoms with E-state index >= 15 is 0 Å². The van der Waals surface area contributed by atoms with Crippen LogP contribution in [0.15, 0.2) is 12.3 Å². The van der Waals surface area contributed by atoms with Gasteiger partial charge in [0.1, 0.15) is 5.82 Å². The van der Waals surface area contributed by atoms with E-state index in [1.54, 1.807) is 0 Å². The fourth-order valence-corrected chi connectivity index (χ4v) is 0.766. The van der Waals surface area contributed by atoms with E-state index in [4.69, 9.17) is 0 Å². The zero-order chi connectivity index (χ0) is 11.5. The molecule has 15 heavy (non-hydrogen) atoms. The molecule has 2 N–H and O–H groups in total. The summed E-state index contributed by atoms with van der Waals surface area (Å²) in [4.78, 5) is 21.3. The molecule has 1 rings (SSSR count). The molecule has 1 amide bonds. The van der Waals surface area contributed by atoms with E-state index in [1.807, 2.05) is 5.32 Å². The summed E-state index contributed by atoms with van der Waals surface area (Å²) < 4.78 is 35.2. The lowest BCUT2D eigenvalue weighted by atomic mass is 10.2. The van der Waals surface area contributed by atoms with Crippen LogP contribution in [0.2, 0.25) is 0 Å². The lowest BCUT2D eigenvalue weighted by Gasteiger charge is -2.04. The average molecular weight is 221 g/mol. The Hall–Kier alpha value is -1.86. The second kappa shape index (κ2) is 4.11. The average Bonchev–Trinajstić information content (AvgIpc) is 2.54. The number of H-pyrrole nitrogens is 1. The number of nitrogens with zero attached hydrogens (tertiary/aromatic N) is 1. The van der Waals surface area contributed by atoms with Gasteiger partial charge in [-0.2, -0.15) is 18.3 Å². The molecule has 5 nitrogen and oxygen atoms in total. The van der Waals surface area contributed by atoms with Crippen LogP contribution in [0.1, 0.15) is 6.42 Å². The highest BCUT2D eigenvalue weighted by Gasteiger charge is 2.39. The summed E-state index contributed by atoms with van der Waals surface area (Å²) in [5.41, 5.74) is 0. The lowest BCUT2D eigenvalue weighted by Crippen LogP contribution is -2.27. The number of aromatic amines is 1. The molecule has 0 spiro atoms. The normalized spacial score (nSPS) is 11.1. The molecule has 1 heterocycles. The van der Waals surface area contributed by atoms with Gasteiger partial charge in [0.05, 0.1) is 12.6 Å². The molecule has 0 fully saturated rings. The van der Waals surface area contributed by atoms with Crippen LogP contribution in [0.3, 0.4) is 0 Å². The first-order chi connectivity index (χ1) is 6.89. The van der Waals surface area contributed by atoms with Crippen molar-refractivity contribution < 1.29 is 22.8 Å². The number of Topliss-reactive ketones (excluding diaryl/α,β-unsaturated/α-hetero) is 1.